The fraction of sp³-hybridized carbons (Fsp3) is 0.462. The lowest BCUT2D eigenvalue weighted by Gasteiger charge is -2.23. The van der Waals surface area contributed by atoms with Crippen LogP contribution in [-0.2, 0) is 0 Å². The van der Waals surface area contributed by atoms with Crippen molar-refractivity contribution in [3.63, 3.8) is 0 Å². The predicted molar refractivity (Wildman–Crippen MR) is 69.0 cm³/mol. The largest absolute Gasteiger partial charge is 0.394 e. The minimum Gasteiger partial charge on any atom is -0.394 e. The number of nitro benzene ring substituents is 1. The van der Waals surface area contributed by atoms with Crippen LogP contribution < -0.4 is 0 Å². The number of non-ortho nitro benzene ring substituents is 1. The number of carbonyl (C=O) groups excluding carboxylic acids is 1. The van der Waals surface area contributed by atoms with Gasteiger partial charge in [-0.2, -0.15) is 0 Å². The second-order valence-electron chi connectivity index (χ2n) is 4.79. The second-order valence-corrected chi connectivity index (χ2v) is 4.79. The van der Waals surface area contributed by atoms with Gasteiger partial charge in [-0.25, -0.2) is 0 Å². The number of benzene rings is 1. The Morgan fingerprint density at radius 1 is 1.53 bits per heavy atom. The van der Waals surface area contributed by atoms with Gasteiger partial charge in [0.05, 0.1) is 17.6 Å². The van der Waals surface area contributed by atoms with Crippen LogP contribution in [0.25, 0.3) is 0 Å². The van der Waals surface area contributed by atoms with Crippen LogP contribution in [0.5, 0.6) is 0 Å². The van der Waals surface area contributed by atoms with Crippen LogP contribution >= 0.6 is 0 Å². The predicted octanol–water partition coefficient (Wildman–Crippen LogP) is 1.50. The Hall–Kier alpha value is -1.95. The minimum atomic E-state index is -0.503. The summed E-state index contributed by atoms with van der Waals surface area (Å²) < 4.78 is 0. The van der Waals surface area contributed by atoms with Gasteiger partial charge in [0, 0.05) is 24.2 Å². The van der Waals surface area contributed by atoms with E-state index in [2.05, 4.69) is 0 Å². The first-order chi connectivity index (χ1) is 9.02. The summed E-state index contributed by atoms with van der Waals surface area (Å²) in [6, 6.07) is 4.20. The Balaban J connectivity index is 2.30. The van der Waals surface area contributed by atoms with Crippen molar-refractivity contribution in [3.05, 3.63) is 39.4 Å². The number of hydrogen-bond donors (Lipinski definition) is 1. The minimum absolute atomic E-state index is 0.0698. The Morgan fingerprint density at radius 3 is 2.89 bits per heavy atom. The van der Waals surface area contributed by atoms with Crippen LogP contribution in [0.3, 0.4) is 0 Å². The van der Waals surface area contributed by atoms with Gasteiger partial charge in [-0.15, -0.1) is 0 Å². The standard InChI is InChI=1S/C13H16N2O4/c1-9-5-10(7-12(6-9)15(18)19)13(17)14-4-2-3-11(14)8-16/h5-7,11,16H,2-4,8H2,1H3. The molecule has 1 aromatic carbocycles. The number of amides is 1. The summed E-state index contributed by atoms with van der Waals surface area (Å²) in [6.07, 6.45) is 1.63. The van der Waals surface area contributed by atoms with E-state index in [9.17, 15) is 20.0 Å². The molecule has 1 heterocycles. The van der Waals surface area contributed by atoms with Gasteiger partial charge in [0.2, 0.25) is 0 Å². The lowest BCUT2D eigenvalue weighted by atomic mass is 10.1. The van der Waals surface area contributed by atoms with Crippen molar-refractivity contribution in [2.75, 3.05) is 13.2 Å². The second kappa shape index (κ2) is 5.36. The van der Waals surface area contributed by atoms with Crippen LogP contribution in [0.15, 0.2) is 18.2 Å². The highest BCUT2D eigenvalue weighted by Crippen LogP contribution is 2.23. The van der Waals surface area contributed by atoms with Crippen LogP contribution in [0.2, 0.25) is 0 Å². The smallest absolute Gasteiger partial charge is 0.270 e. The normalized spacial score (nSPS) is 18.6. The molecule has 6 heteroatoms. The van der Waals surface area contributed by atoms with Gasteiger partial charge >= 0.3 is 0 Å². The van der Waals surface area contributed by atoms with E-state index in [0.717, 1.165) is 12.8 Å². The van der Waals surface area contributed by atoms with E-state index in [0.29, 0.717) is 17.7 Å². The Kier molecular flexibility index (Phi) is 3.80. The topological polar surface area (TPSA) is 83.7 Å². The van der Waals surface area contributed by atoms with Crippen LogP contribution in [0, 0.1) is 17.0 Å². The number of nitrogens with zero attached hydrogens (tertiary/aromatic N) is 2. The maximum atomic E-state index is 12.3. The molecule has 1 unspecified atom stereocenters. The molecule has 1 N–H and O–H groups in total. The molecule has 0 radical (unpaired) electrons. The molecule has 0 aliphatic carbocycles. The molecule has 1 amide bonds. The Bertz CT molecular complexity index is 515. The summed E-state index contributed by atoms with van der Waals surface area (Å²) in [4.78, 5) is 24.2. The summed E-state index contributed by atoms with van der Waals surface area (Å²) in [5.41, 5.74) is 0.910. The number of carbonyl (C=O) groups is 1. The first-order valence-electron chi connectivity index (χ1n) is 6.21. The van der Waals surface area contributed by atoms with E-state index in [1.807, 2.05) is 0 Å². The molecule has 1 fully saturated rings. The van der Waals surface area contributed by atoms with Gasteiger partial charge < -0.3 is 10.0 Å². The fourth-order valence-corrected chi connectivity index (χ4v) is 2.45. The number of nitro groups is 1. The van der Waals surface area contributed by atoms with Crippen LogP contribution in [-0.4, -0.2) is 40.0 Å². The molecule has 6 nitrogen and oxygen atoms in total. The monoisotopic (exact) mass is 264 g/mol. The number of rotatable bonds is 3. The molecule has 0 spiro atoms. The number of likely N-dealkylation sites (tertiary alicyclic amines) is 1. The number of aliphatic hydroxyl groups is 1. The third-order valence-corrected chi connectivity index (χ3v) is 3.37. The quantitative estimate of drug-likeness (QED) is 0.662. The first kappa shape index (κ1) is 13.5. The summed E-state index contributed by atoms with van der Waals surface area (Å²) in [6.45, 7) is 2.24. The molecule has 1 atom stereocenters. The summed E-state index contributed by atoms with van der Waals surface area (Å²) >= 11 is 0. The average Bonchev–Trinajstić information content (AvgIpc) is 2.85. The average molecular weight is 264 g/mol. The number of aliphatic hydroxyl groups excluding tert-OH is 1. The Morgan fingerprint density at radius 2 is 2.26 bits per heavy atom. The molecule has 1 aliphatic heterocycles. The van der Waals surface area contributed by atoms with E-state index >= 15 is 0 Å². The van der Waals surface area contributed by atoms with E-state index < -0.39 is 4.92 Å². The maximum absolute atomic E-state index is 12.3. The molecule has 2 rings (SSSR count). The molecule has 1 aromatic rings. The SMILES string of the molecule is Cc1cc(C(=O)N2CCCC2CO)cc([N+](=O)[O-])c1. The highest BCUT2D eigenvalue weighted by atomic mass is 16.6. The van der Waals surface area contributed by atoms with Gasteiger partial charge in [-0.3, -0.25) is 14.9 Å². The van der Waals surface area contributed by atoms with Gasteiger partial charge in [0.25, 0.3) is 11.6 Å². The maximum Gasteiger partial charge on any atom is 0.270 e. The lowest BCUT2D eigenvalue weighted by molar-refractivity contribution is -0.384. The fourth-order valence-electron chi connectivity index (χ4n) is 2.45. The molecular weight excluding hydrogens is 248 g/mol. The molecule has 0 saturated carbocycles. The summed E-state index contributed by atoms with van der Waals surface area (Å²) in [7, 11) is 0. The van der Waals surface area contributed by atoms with Crippen molar-refractivity contribution in [2.24, 2.45) is 0 Å². The van der Waals surface area contributed by atoms with E-state index in [-0.39, 0.29) is 24.2 Å². The van der Waals surface area contributed by atoms with Crippen molar-refractivity contribution < 1.29 is 14.8 Å². The van der Waals surface area contributed by atoms with E-state index in [4.69, 9.17) is 0 Å². The zero-order valence-corrected chi connectivity index (χ0v) is 10.7. The molecule has 0 bridgehead atoms. The van der Waals surface area contributed by atoms with Crippen molar-refractivity contribution in [1.29, 1.82) is 0 Å². The van der Waals surface area contributed by atoms with Crippen molar-refractivity contribution in [2.45, 2.75) is 25.8 Å². The van der Waals surface area contributed by atoms with Gasteiger partial charge in [0.1, 0.15) is 0 Å². The van der Waals surface area contributed by atoms with Crippen LogP contribution in [0.4, 0.5) is 5.69 Å². The third kappa shape index (κ3) is 2.73. The van der Waals surface area contributed by atoms with Gasteiger partial charge in [0.15, 0.2) is 0 Å². The number of hydrogen-bond acceptors (Lipinski definition) is 4. The van der Waals surface area contributed by atoms with E-state index in [1.165, 1.54) is 12.1 Å². The van der Waals surface area contributed by atoms with Crippen molar-refractivity contribution in [3.8, 4) is 0 Å². The molecule has 0 aromatic heterocycles. The zero-order chi connectivity index (χ0) is 14.0. The third-order valence-electron chi connectivity index (χ3n) is 3.37. The van der Waals surface area contributed by atoms with Crippen molar-refractivity contribution >= 4 is 11.6 Å². The Labute approximate surface area is 110 Å². The molecule has 102 valence electrons. The van der Waals surface area contributed by atoms with Gasteiger partial charge in [-0.05, 0) is 31.4 Å². The first-order valence-corrected chi connectivity index (χ1v) is 6.21. The van der Waals surface area contributed by atoms with Crippen molar-refractivity contribution in [1.82, 2.24) is 4.90 Å². The molecule has 1 aliphatic rings. The lowest BCUT2D eigenvalue weighted by Crippen LogP contribution is -2.37. The summed E-state index contributed by atoms with van der Waals surface area (Å²) in [5, 5.41) is 20.0. The zero-order valence-electron chi connectivity index (χ0n) is 10.7. The van der Waals surface area contributed by atoms with E-state index in [1.54, 1.807) is 17.9 Å². The molecule has 1 saturated heterocycles. The highest BCUT2D eigenvalue weighted by Gasteiger charge is 2.29. The van der Waals surface area contributed by atoms with Crippen LogP contribution in [0.1, 0.15) is 28.8 Å². The highest BCUT2D eigenvalue weighted by molar-refractivity contribution is 5.95. The van der Waals surface area contributed by atoms with Gasteiger partial charge in [-0.1, -0.05) is 0 Å². The molecular formula is C13H16N2O4. The summed E-state index contributed by atoms with van der Waals surface area (Å²) in [5.74, 6) is -0.247. The molecule has 19 heavy (non-hydrogen) atoms. The number of aryl methyl sites for hydroxylation is 1.